The first-order valence-corrected chi connectivity index (χ1v) is 19.3. The van der Waals surface area contributed by atoms with E-state index in [1.54, 1.807) is 20.8 Å². The normalized spacial score (nSPS) is 19.0. The fourth-order valence-electron chi connectivity index (χ4n) is 6.09. The van der Waals surface area contributed by atoms with E-state index in [2.05, 4.69) is 20.8 Å². The summed E-state index contributed by atoms with van der Waals surface area (Å²) < 4.78 is 11.5. The molecule has 2 fully saturated rings. The number of rotatable bonds is 12. The Balaban J connectivity index is 1.23. The molecule has 2 unspecified atom stereocenters. The standard InChI is InChI=1S/C37H38ClN5O8S2/c1-37(2,3)50-36(48)41-35-40-25(30(38)53-35)26(42-51-24-16-10-11-17-24)31(45)39-27-32(46)43-28(23(18-19-44)20-52-33(27)43)34(47)49-29(21-12-6-4-7-13-21)22-14-8-5-9-15-22/h4-9,12-15,19,24,27,29,33H,10-11,16-18,20H2,1-3H3,(H,39,45)(H,40,41,48). The van der Waals surface area contributed by atoms with Gasteiger partial charge in [0.15, 0.2) is 16.9 Å². The Kier molecular flexibility index (Phi) is 11.8. The topological polar surface area (TPSA) is 166 Å². The lowest BCUT2D eigenvalue weighted by molar-refractivity contribution is -0.154. The molecule has 2 aliphatic heterocycles. The lowest BCUT2D eigenvalue weighted by Gasteiger charge is -2.49. The molecule has 1 saturated heterocycles. The van der Waals surface area contributed by atoms with Gasteiger partial charge >= 0.3 is 12.1 Å². The van der Waals surface area contributed by atoms with Gasteiger partial charge in [-0.15, -0.1) is 11.8 Å². The highest BCUT2D eigenvalue weighted by atomic mass is 35.5. The molecule has 3 aliphatic rings. The molecule has 53 heavy (non-hydrogen) atoms. The summed E-state index contributed by atoms with van der Waals surface area (Å²) in [4.78, 5) is 77.3. The molecular formula is C37H38ClN5O8S2. The van der Waals surface area contributed by atoms with Crippen LogP contribution in [-0.2, 0) is 33.5 Å². The minimum Gasteiger partial charge on any atom is -0.448 e. The van der Waals surface area contributed by atoms with Crippen LogP contribution in [0.2, 0.25) is 4.34 Å². The number of amides is 3. The van der Waals surface area contributed by atoms with Crippen LogP contribution in [0, 0.1) is 0 Å². The number of ether oxygens (including phenoxy) is 2. The van der Waals surface area contributed by atoms with Crippen molar-refractivity contribution in [1.82, 2.24) is 15.2 Å². The Morgan fingerprint density at radius 2 is 1.70 bits per heavy atom. The van der Waals surface area contributed by atoms with Crippen LogP contribution in [0.5, 0.6) is 0 Å². The van der Waals surface area contributed by atoms with E-state index in [1.807, 2.05) is 60.7 Å². The van der Waals surface area contributed by atoms with E-state index in [9.17, 15) is 24.0 Å². The summed E-state index contributed by atoms with van der Waals surface area (Å²) in [7, 11) is 0. The second-order valence-corrected chi connectivity index (χ2v) is 16.2. The van der Waals surface area contributed by atoms with Crippen molar-refractivity contribution in [3.63, 3.8) is 0 Å². The van der Waals surface area contributed by atoms with Crippen molar-refractivity contribution >= 4 is 75.7 Å². The van der Waals surface area contributed by atoms with Crippen molar-refractivity contribution in [1.29, 1.82) is 0 Å². The van der Waals surface area contributed by atoms with Crippen molar-refractivity contribution in [2.45, 2.75) is 82.1 Å². The number of carbonyl (C=O) groups excluding carboxylic acids is 5. The molecule has 2 atom stereocenters. The summed E-state index contributed by atoms with van der Waals surface area (Å²) in [5.74, 6) is -1.89. The van der Waals surface area contributed by atoms with Crippen LogP contribution in [0.15, 0.2) is 77.1 Å². The number of nitrogens with zero attached hydrogens (tertiary/aromatic N) is 3. The van der Waals surface area contributed by atoms with Gasteiger partial charge in [0.1, 0.15) is 45.1 Å². The molecule has 2 N–H and O–H groups in total. The van der Waals surface area contributed by atoms with Gasteiger partial charge in [0.05, 0.1) is 0 Å². The molecule has 3 aromatic rings. The van der Waals surface area contributed by atoms with Crippen LogP contribution in [0.1, 0.15) is 75.8 Å². The van der Waals surface area contributed by atoms with Gasteiger partial charge < -0.3 is 24.4 Å². The number of esters is 1. The number of benzene rings is 2. The maximum absolute atomic E-state index is 14.0. The van der Waals surface area contributed by atoms with Gasteiger partial charge in [-0.3, -0.25) is 19.8 Å². The molecule has 16 heteroatoms. The van der Waals surface area contributed by atoms with Gasteiger partial charge in [0.2, 0.25) is 0 Å². The smallest absolute Gasteiger partial charge is 0.413 e. The highest BCUT2D eigenvalue weighted by molar-refractivity contribution is 8.00. The van der Waals surface area contributed by atoms with Crippen molar-refractivity contribution in [2.75, 3.05) is 11.1 Å². The fraction of sp³-hybridized carbons (Fsp3) is 0.378. The zero-order valence-electron chi connectivity index (χ0n) is 29.2. The lowest BCUT2D eigenvalue weighted by atomic mass is 10.00. The number of nitrogens with one attached hydrogen (secondary N) is 2. The van der Waals surface area contributed by atoms with Gasteiger partial charge in [0, 0.05) is 12.2 Å². The minimum absolute atomic E-state index is 0.0212. The van der Waals surface area contributed by atoms with Crippen molar-refractivity contribution in [3.8, 4) is 0 Å². The Hall–Kier alpha value is -4.73. The van der Waals surface area contributed by atoms with E-state index < -0.39 is 47.0 Å². The van der Waals surface area contributed by atoms with Gasteiger partial charge in [-0.1, -0.05) is 88.8 Å². The quantitative estimate of drug-likeness (QED) is 0.0693. The lowest BCUT2D eigenvalue weighted by Crippen LogP contribution is -2.71. The van der Waals surface area contributed by atoms with E-state index >= 15 is 0 Å². The van der Waals surface area contributed by atoms with E-state index in [0.717, 1.165) is 48.1 Å². The number of hydrogen-bond acceptors (Lipinski definition) is 12. The predicted octanol–water partition coefficient (Wildman–Crippen LogP) is 6.38. The number of aromatic nitrogens is 1. The maximum Gasteiger partial charge on any atom is 0.413 e. The number of thiazole rings is 1. The zero-order chi connectivity index (χ0) is 37.7. The monoisotopic (exact) mass is 779 g/mol. The second kappa shape index (κ2) is 16.5. The Morgan fingerprint density at radius 1 is 1.06 bits per heavy atom. The SMILES string of the molecule is CC(C)(C)OC(=O)Nc1nc(C(=NOC2CCCC2)C(=O)NC2C(=O)N3C(C(=O)OC(c4ccccc4)c4ccccc4)=C(CC=O)CSC23)c(Cl)s1. The third kappa shape index (κ3) is 8.91. The van der Waals surface area contributed by atoms with Crippen molar-refractivity contribution < 1.29 is 38.3 Å². The largest absolute Gasteiger partial charge is 0.448 e. The summed E-state index contributed by atoms with van der Waals surface area (Å²) in [6.07, 6.45) is 2.26. The van der Waals surface area contributed by atoms with E-state index in [1.165, 1.54) is 16.7 Å². The average Bonchev–Trinajstić information content (AvgIpc) is 3.78. The number of halogens is 1. The summed E-state index contributed by atoms with van der Waals surface area (Å²) in [5, 5.41) is 8.79. The Labute approximate surface area is 319 Å². The van der Waals surface area contributed by atoms with Gasteiger partial charge in [0.25, 0.3) is 11.8 Å². The van der Waals surface area contributed by atoms with Crippen LogP contribution in [-0.4, -0.2) is 74.6 Å². The zero-order valence-corrected chi connectivity index (χ0v) is 31.6. The van der Waals surface area contributed by atoms with Crippen LogP contribution >= 0.6 is 34.7 Å². The number of hydrogen-bond donors (Lipinski definition) is 2. The third-order valence-corrected chi connectivity index (χ3v) is 11.0. The summed E-state index contributed by atoms with van der Waals surface area (Å²) in [5.41, 5.74) is 0.770. The first-order chi connectivity index (χ1) is 25.4. The molecule has 0 radical (unpaired) electrons. The number of thioether (sulfide) groups is 1. The number of β-lactam (4-membered cyclic amide) rings is 1. The van der Waals surface area contributed by atoms with Crippen LogP contribution < -0.4 is 10.6 Å². The van der Waals surface area contributed by atoms with Gasteiger partial charge in [-0.05, 0) is 63.2 Å². The molecule has 1 aromatic heterocycles. The molecule has 1 aliphatic carbocycles. The first kappa shape index (κ1) is 38.0. The second-order valence-electron chi connectivity index (χ2n) is 13.5. The number of fused-ring (bicyclic) bond motifs is 1. The molecule has 0 bridgehead atoms. The molecule has 1 saturated carbocycles. The van der Waals surface area contributed by atoms with Crippen LogP contribution in [0.25, 0.3) is 0 Å². The Bertz CT molecular complexity index is 1890. The van der Waals surface area contributed by atoms with Crippen molar-refractivity contribution in [2.24, 2.45) is 5.16 Å². The Morgan fingerprint density at radius 3 is 2.30 bits per heavy atom. The molecular weight excluding hydrogens is 742 g/mol. The minimum atomic E-state index is -1.07. The maximum atomic E-state index is 14.0. The molecule has 13 nitrogen and oxygen atoms in total. The molecule has 2 aromatic carbocycles. The summed E-state index contributed by atoms with van der Waals surface area (Å²) >= 11 is 8.73. The number of carbonyl (C=O) groups is 5. The summed E-state index contributed by atoms with van der Waals surface area (Å²) in [6, 6.07) is 17.3. The fourth-order valence-corrected chi connectivity index (χ4v) is 8.48. The summed E-state index contributed by atoms with van der Waals surface area (Å²) in [6.45, 7) is 5.15. The highest BCUT2D eigenvalue weighted by Crippen LogP contribution is 2.42. The predicted molar refractivity (Wildman–Crippen MR) is 200 cm³/mol. The van der Waals surface area contributed by atoms with E-state index in [-0.39, 0.29) is 44.8 Å². The van der Waals surface area contributed by atoms with Gasteiger partial charge in [-0.2, -0.15) is 0 Å². The number of oxime groups is 1. The number of anilines is 1. The third-order valence-electron chi connectivity index (χ3n) is 8.51. The number of aldehydes is 1. The highest BCUT2D eigenvalue weighted by Gasteiger charge is 2.55. The van der Waals surface area contributed by atoms with E-state index in [4.69, 9.17) is 25.9 Å². The molecule has 3 heterocycles. The van der Waals surface area contributed by atoms with Crippen molar-refractivity contribution in [3.05, 3.63) is 93.1 Å². The first-order valence-electron chi connectivity index (χ1n) is 17.1. The van der Waals surface area contributed by atoms with Gasteiger partial charge in [-0.25, -0.2) is 14.6 Å². The molecule has 3 amide bonds. The van der Waals surface area contributed by atoms with Crippen LogP contribution in [0.4, 0.5) is 9.93 Å². The van der Waals surface area contributed by atoms with Crippen LogP contribution in [0.3, 0.4) is 0 Å². The van der Waals surface area contributed by atoms with E-state index in [0.29, 0.717) is 11.9 Å². The average molecular weight is 780 g/mol. The molecule has 6 rings (SSSR count). The molecule has 278 valence electrons. The molecule has 0 spiro atoms.